The fraction of sp³-hybridized carbons (Fsp3) is 0.294. The molecule has 0 amide bonds. The molecular weight excluding hydrogens is 364 g/mol. The molecule has 0 unspecified atom stereocenters. The second-order valence-electron chi connectivity index (χ2n) is 4.60. The highest BCUT2D eigenvalue weighted by atomic mass is 79.9. The number of fused-ring (bicyclic) bond motifs is 1. The second-order valence-corrected chi connectivity index (χ2v) is 5.52. The standard InChI is InChI=1S/C17H17BrO5/c1-4-22-16(19)13-11-8-6-10(18)7-9-12(11)14(15(13)21-3)17(20)23-5-2/h6-9H,4-5H2,1-3H3. The van der Waals surface area contributed by atoms with Crippen LogP contribution in [0.4, 0.5) is 0 Å². The highest BCUT2D eigenvalue weighted by Crippen LogP contribution is 2.43. The summed E-state index contributed by atoms with van der Waals surface area (Å²) in [5, 5.41) is 0. The number of carbonyl (C=O) groups is 2. The lowest BCUT2D eigenvalue weighted by molar-refractivity contribution is 0.0523. The zero-order valence-corrected chi connectivity index (χ0v) is 14.7. The van der Waals surface area contributed by atoms with Crippen LogP contribution in [-0.4, -0.2) is 32.3 Å². The van der Waals surface area contributed by atoms with Crippen molar-refractivity contribution in [2.24, 2.45) is 0 Å². The number of hydrogen-bond donors (Lipinski definition) is 0. The van der Waals surface area contributed by atoms with Gasteiger partial charge in [0, 0.05) is 15.6 Å². The Kier molecular flexibility index (Phi) is 5.60. The van der Waals surface area contributed by atoms with E-state index in [-0.39, 0.29) is 30.1 Å². The minimum atomic E-state index is -0.535. The Morgan fingerprint density at radius 1 is 0.913 bits per heavy atom. The Bertz CT molecular complexity index is 655. The van der Waals surface area contributed by atoms with Crippen molar-refractivity contribution in [2.75, 3.05) is 20.3 Å². The molecule has 0 N–H and O–H groups in total. The largest absolute Gasteiger partial charge is 0.495 e. The fourth-order valence-corrected chi connectivity index (χ4v) is 2.65. The van der Waals surface area contributed by atoms with E-state index < -0.39 is 11.9 Å². The van der Waals surface area contributed by atoms with Crippen LogP contribution < -0.4 is 4.74 Å². The Balaban J connectivity index is 2.78. The van der Waals surface area contributed by atoms with Gasteiger partial charge in [0.2, 0.25) is 0 Å². The summed E-state index contributed by atoms with van der Waals surface area (Å²) in [4.78, 5) is 24.7. The number of esters is 2. The molecule has 0 saturated heterocycles. The van der Waals surface area contributed by atoms with E-state index in [1.54, 1.807) is 38.1 Å². The molecule has 0 aromatic rings. The van der Waals surface area contributed by atoms with E-state index in [0.29, 0.717) is 11.1 Å². The van der Waals surface area contributed by atoms with Gasteiger partial charge < -0.3 is 14.2 Å². The summed E-state index contributed by atoms with van der Waals surface area (Å²) in [5.74, 6) is -0.890. The van der Waals surface area contributed by atoms with E-state index in [9.17, 15) is 9.59 Å². The molecule has 23 heavy (non-hydrogen) atoms. The fourth-order valence-electron chi connectivity index (χ4n) is 2.38. The van der Waals surface area contributed by atoms with Crippen LogP contribution in [0.15, 0.2) is 28.7 Å². The third kappa shape index (κ3) is 3.32. The zero-order chi connectivity index (χ0) is 17.0. The number of carbonyl (C=O) groups excluding carboxylic acids is 2. The van der Waals surface area contributed by atoms with Crippen LogP contribution in [0.3, 0.4) is 0 Å². The van der Waals surface area contributed by atoms with Gasteiger partial charge in [-0.05, 0) is 26.0 Å². The Labute approximate surface area is 143 Å². The quantitative estimate of drug-likeness (QED) is 0.735. The smallest absolute Gasteiger partial charge is 0.342 e. The molecule has 2 aliphatic carbocycles. The Morgan fingerprint density at radius 2 is 1.35 bits per heavy atom. The van der Waals surface area contributed by atoms with Crippen LogP contribution in [0.25, 0.3) is 11.1 Å². The van der Waals surface area contributed by atoms with E-state index in [0.717, 1.165) is 4.47 Å². The van der Waals surface area contributed by atoms with Gasteiger partial charge in [0.15, 0.2) is 0 Å². The monoisotopic (exact) mass is 380 g/mol. The number of ether oxygens (including phenoxy) is 3. The summed E-state index contributed by atoms with van der Waals surface area (Å²) >= 11 is 3.38. The molecule has 0 heterocycles. The van der Waals surface area contributed by atoms with Gasteiger partial charge in [-0.2, -0.15) is 0 Å². The molecule has 0 atom stereocenters. The average molecular weight is 381 g/mol. The van der Waals surface area contributed by atoms with Gasteiger partial charge in [-0.1, -0.05) is 28.1 Å². The van der Waals surface area contributed by atoms with Crippen molar-refractivity contribution in [3.05, 3.63) is 39.9 Å². The molecule has 0 fully saturated rings. The predicted molar refractivity (Wildman–Crippen MR) is 89.2 cm³/mol. The van der Waals surface area contributed by atoms with E-state index >= 15 is 0 Å². The third-order valence-electron chi connectivity index (χ3n) is 3.26. The van der Waals surface area contributed by atoms with Gasteiger partial charge in [-0.3, -0.25) is 0 Å². The van der Waals surface area contributed by atoms with Gasteiger partial charge in [-0.25, -0.2) is 9.59 Å². The Hall–Kier alpha value is -2.08. The number of halogens is 1. The van der Waals surface area contributed by atoms with Gasteiger partial charge in [0.1, 0.15) is 16.9 Å². The molecule has 0 aromatic heterocycles. The van der Waals surface area contributed by atoms with Crippen LogP contribution in [0.2, 0.25) is 0 Å². The summed E-state index contributed by atoms with van der Waals surface area (Å²) in [5.41, 5.74) is 1.62. The lowest BCUT2D eigenvalue weighted by atomic mass is 10.1. The highest BCUT2D eigenvalue weighted by Gasteiger charge is 2.33. The first-order valence-electron chi connectivity index (χ1n) is 7.18. The first-order chi connectivity index (χ1) is 11.0. The Morgan fingerprint density at radius 3 is 1.70 bits per heavy atom. The maximum absolute atomic E-state index is 12.4. The number of hydrogen-bond acceptors (Lipinski definition) is 5. The van der Waals surface area contributed by atoms with Crippen molar-refractivity contribution in [3.63, 3.8) is 0 Å². The normalized spacial score (nSPS) is 10.4. The summed E-state index contributed by atoms with van der Waals surface area (Å²) in [6.45, 7) is 3.90. The minimum Gasteiger partial charge on any atom is -0.495 e. The molecule has 0 bridgehead atoms. The molecule has 0 saturated carbocycles. The van der Waals surface area contributed by atoms with Crippen LogP contribution in [0.1, 0.15) is 34.6 Å². The van der Waals surface area contributed by atoms with Gasteiger partial charge in [0.05, 0.1) is 20.3 Å². The second kappa shape index (κ2) is 7.46. The summed E-state index contributed by atoms with van der Waals surface area (Å²) < 4.78 is 16.4. The van der Waals surface area contributed by atoms with Crippen LogP contribution in [-0.2, 0) is 9.47 Å². The third-order valence-corrected chi connectivity index (χ3v) is 3.79. The van der Waals surface area contributed by atoms with Crippen molar-refractivity contribution >= 4 is 27.9 Å². The maximum Gasteiger partial charge on any atom is 0.342 e. The minimum absolute atomic E-state index is 0.180. The van der Waals surface area contributed by atoms with Crippen LogP contribution in [0, 0.1) is 0 Å². The molecule has 6 heteroatoms. The van der Waals surface area contributed by atoms with Crippen molar-refractivity contribution < 1.29 is 23.8 Å². The van der Waals surface area contributed by atoms with Crippen LogP contribution >= 0.6 is 15.9 Å². The van der Waals surface area contributed by atoms with Gasteiger partial charge in [0.25, 0.3) is 0 Å². The lowest BCUT2D eigenvalue weighted by Gasteiger charge is -2.06. The molecule has 0 aromatic carbocycles. The van der Waals surface area contributed by atoms with Gasteiger partial charge >= 0.3 is 11.9 Å². The van der Waals surface area contributed by atoms with Crippen molar-refractivity contribution in [1.29, 1.82) is 0 Å². The lowest BCUT2D eigenvalue weighted by Crippen LogP contribution is -2.08. The number of methoxy groups -OCH3 is 1. The predicted octanol–water partition coefficient (Wildman–Crippen LogP) is 3.92. The van der Waals surface area contributed by atoms with Crippen molar-refractivity contribution in [3.8, 4) is 16.9 Å². The van der Waals surface area contributed by atoms with E-state index in [1.165, 1.54) is 7.11 Å². The summed E-state index contributed by atoms with van der Waals surface area (Å²) in [7, 11) is 1.41. The maximum atomic E-state index is 12.4. The topological polar surface area (TPSA) is 61.8 Å². The van der Waals surface area contributed by atoms with Crippen molar-refractivity contribution in [1.82, 2.24) is 0 Å². The first-order valence-corrected chi connectivity index (χ1v) is 7.97. The average Bonchev–Trinajstić information content (AvgIpc) is 2.73. The van der Waals surface area contributed by atoms with E-state index in [4.69, 9.17) is 14.2 Å². The first kappa shape index (κ1) is 17.3. The molecule has 5 nitrogen and oxygen atoms in total. The molecule has 0 radical (unpaired) electrons. The zero-order valence-electron chi connectivity index (χ0n) is 13.1. The molecule has 0 aliphatic heterocycles. The SMILES string of the molecule is CCOC(=O)c1c2ccc(Br)ccc-2c(C(=O)OCC)c1OC. The molecule has 0 spiro atoms. The van der Waals surface area contributed by atoms with Crippen LogP contribution in [0.5, 0.6) is 5.75 Å². The number of rotatable bonds is 5. The van der Waals surface area contributed by atoms with E-state index in [1.807, 2.05) is 0 Å². The molecule has 2 aliphatic rings. The summed E-state index contributed by atoms with van der Waals surface area (Å²) in [6.07, 6.45) is 0. The molecule has 122 valence electrons. The molecular formula is C17H17BrO5. The van der Waals surface area contributed by atoms with Crippen molar-refractivity contribution in [2.45, 2.75) is 13.8 Å². The molecule has 2 rings (SSSR count). The van der Waals surface area contributed by atoms with E-state index in [2.05, 4.69) is 15.9 Å². The van der Waals surface area contributed by atoms with Gasteiger partial charge in [-0.15, -0.1) is 0 Å². The summed E-state index contributed by atoms with van der Waals surface area (Å²) in [6, 6.07) is 7.08. The highest BCUT2D eigenvalue weighted by molar-refractivity contribution is 9.10.